The minimum atomic E-state index is 0.109. The first kappa shape index (κ1) is 20.0. The fraction of sp³-hybridized carbons (Fsp3) is 0.375. The van der Waals surface area contributed by atoms with E-state index in [0.29, 0.717) is 0 Å². The van der Waals surface area contributed by atoms with Gasteiger partial charge in [0.15, 0.2) is 0 Å². The Hall–Kier alpha value is -2.27. The Bertz CT molecular complexity index is 1080. The molecule has 3 aromatic heterocycles. The van der Waals surface area contributed by atoms with E-state index in [1.807, 2.05) is 6.07 Å². The SMILES string of the molecule is CC1=N/C(=C\c2ccc(C(C)c3ccc(C(C)c4ccc(Br)[nH]4)[nH]3)[nH]2)C(C)(C)C1. The number of rotatable bonds is 5. The molecule has 152 valence electrons. The summed E-state index contributed by atoms with van der Waals surface area (Å²) in [5.74, 6) is 0.553. The predicted octanol–water partition coefficient (Wildman–Crippen LogP) is 6.97. The summed E-state index contributed by atoms with van der Waals surface area (Å²) in [4.78, 5) is 15.3. The zero-order valence-electron chi connectivity index (χ0n) is 17.7. The van der Waals surface area contributed by atoms with E-state index in [1.54, 1.807) is 0 Å². The van der Waals surface area contributed by atoms with Crippen molar-refractivity contribution in [2.75, 3.05) is 0 Å². The van der Waals surface area contributed by atoms with E-state index < -0.39 is 0 Å². The number of allylic oxidation sites excluding steroid dienone is 1. The quantitative estimate of drug-likeness (QED) is 0.374. The Balaban J connectivity index is 1.53. The molecule has 0 aromatic carbocycles. The molecule has 0 aliphatic carbocycles. The van der Waals surface area contributed by atoms with E-state index in [4.69, 9.17) is 4.99 Å². The second-order valence-electron chi connectivity index (χ2n) is 8.88. The lowest BCUT2D eigenvalue weighted by molar-refractivity contribution is 0.487. The monoisotopic (exact) mass is 452 g/mol. The Morgan fingerprint density at radius 3 is 2.00 bits per heavy atom. The van der Waals surface area contributed by atoms with Crippen LogP contribution in [-0.4, -0.2) is 20.7 Å². The van der Waals surface area contributed by atoms with Crippen molar-refractivity contribution in [1.29, 1.82) is 0 Å². The summed E-state index contributed by atoms with van der Waals surface area (Å²) in [5, 5.41) is 0. The maximum atomic E-state index is 4.75. The minimum absolute atomic E-state index is 0.109. The summed E-state index contributed by atoms with van der Waals surface area (Å²) in [7, 11) is 0. The molecule has 0 fully saturated rings. The van der Waals surface area contributed by atoms with Crippen LogP contribution < -0.4 is 0 Å². The number of aromatic nitrogens is 3. The van der Waals surface area contributed by atoms with Crippen molar-refractivity contribution >= 4 is 27.7 Å². The molecule has 0 saturated carbocycles. The van der Waals surface area contributed by atoms with Gasteiger partial charge in [0.25, 0.3) is 0 Å². The highest BCUT2D eigenvalue weighted by atomic mass is 79.9. The fourth-order valence-corrected chi connectivity index (χ4v) is 4.54. The van der Waals surface area contributed by atoms with Crippen LogP contribution >= 0.6 is 15.9 Å². The molecule has 0 radical (unpaired) electrons. The van der Waals surface area contributed by atoms with Crippen molar-refractivity contribution in [2.45, 2.75) is 52.9 Å². The topological polar surface area (TPSA) is 59.7 Å². The van der Waals surface area contributed by atoms with Gasteiger partial charge in [-0.2, -0.15) is 0 Å². The van der Waals surface area contributed by atoms with Gasteiger partial charge in [0.2, 0.25) is 0 Å². The molecule has 29 heavy (non-hydrogen) atoms. The number of H-pyrrole nitrogens is 3. The number of hydrogen-bond acceptors (Lipinski definition) is 1. The molecular weight excluding hydrogens is 424 g/mol. The minimum Gasteiger partial charge on any atom is -0.361 e. The molecule has 0 amide bonds. The van der Waals surface area contributed by atoms with Gasteiger partial charge in [0.1, 0.15) is 0 Å². The van der Waals surface area contributed by atoms with Gasteiger partial charge in [0, 0.05) is 57.1 Å². The standard InChI is InChI=1S/C24H29BrN4/c1-14-13-24(4,5)22(26-14)12-17-6-7-18(27-17)15(2)19-8-9-20(28-19)16(3)21-10-11-23(25)29-21/h6-12,15-16,27-29H,13H2,1-5H3/b22-12-. The van der Waals surface area contributed by atoms with Gasteiger partial charge in [-0.1, -0.05) is 27.7 Å². The lowest BCUT2D eigenvalue weighted by Gasteiger charge is -2.17. The zero-order chi connectivity index (χ0) is 20.8. The molecule has 0 saturated heterocycles. The van der Waals surface area contributed by atoms with Crippen LogP contribution in [0.15, 0.2) is 51.7 Å². The zero-order valence-corrected chi connectivity index (χ0v) is 19.3. The van der Waals surface area contributed by atoms with E-state index in [1.165, 1.54) is 28.5 Å². The molecule has 0 spiro atoms. The first-order valence-corrected chi connectivity index (χ1v) is 11.0. The molecule has 3 aromatic rings. The molecule has 4 nitrogen and oxygen atoms in total. The number of nitrogens with zero attached hydrogens (tertiary/aromatic N) is 1. The Labute approximate surface area is 181 Å². The molecule has 4 heterocycles. The normalized spacial score (nSPS) is 19.5. The highest BCUT2D eigenvalue weighted by Gasteiger charge is 2.29. The lowest BCUT2D eigenvalue weighted by atomic mass is 9.86. The third kappa shape index (κ3) is 4.06. The summed E-state index contributed by atoms with van der Waals surface area (Å²) < 4.78 is 1.01. The van der Waals surface area contributed by atoms with Crippen molar-refractivity contribution in [2.24, 2.45) is 10.4 Å². The molecule has 5 heteroatoms. The molecule has 2 unspecified atom stereocenters. The molecule has 4 rings (SSSR count). The van der Waals surface area contributed by atoms with Crippen LogP contribution in [0.4, 0.5) is 0 Å². The average Bonchev–Trinajstić information content (AvgIpc) is 3.42. The van der Waals surface area contributed by atoms with Crippen LogP contribution in [0, 0.1) is 5.41 Å². The van der Waals surface area contributed by atoms with E-state index in [0.717, 1.165) is 22.4 Å². The Morgan fingerprint density at radius 2 is 1.45 bits per heavy atom. The molecule has 2 atom stereocenters. The molecular formula is C24H29BrN4. The predicted molar refractivity (Wildman–Crippen MR) is 125 cm³/mol. The van der Waals surface area contributed by atoms with Gasteiger partial charge in [-0.25, -0.2) is 0 Å². The summed E-state index contributed by atoms with van der Waals surface area (Å²) in [6.07, 6.45) is 3.22. The maximum absolute atomic E-state index is 4.75. The maximum Gasteiger partial charge on any atom is 0.0822 e. The highest BCUT2D eigenvalue weighted by molar-refractivity contribution is 9.10. The third-order valence-corrected chi connectivity index (χ3v) is 6.46. The summed E-state index contributed by atoms with van der Waals surface area (Å²) in [5.41, 5.74) is 8.43. The second kappa shape index (κ2) is 7.52. The van der Waals surface area contributed by atoms with Gasteiger partial charge < -0.3 is 15.0 Å². The van der Waals surface area contributed by atoms with Crippen LogP contribution in [0.25, 0.3) is 6.08 Å². The lowest BCUT2D eigenvalue weighted by Crippen LogP contribution is -2.09. The average molecular weight is 453 g/mol. The molecule has 3 N–H and O–H groups in total. The fourth-order valence-electron chi connectivity index (χ4n) is 4.17. The van der Waals surface area contributed by atoms with E-state index in [9.17, 15) is 0 Å². The largest absolute Gasteiger partial charge is 0.361 e. The smallest absolute Gasteiger partial charge is 0.0822 e. The van der Waals surface area contributed by atoms with Crippen molar-refractivity contribution in [3.8, 4) is 0 Å². The number of halogens is 1. The second-order valence-corrected chi connectivity index (χ2v) is 9.73. The third-order valence-electron chi connectivity index (χ3n) is 6.00. The number of nitrogens with one attached hydrogen (secondary N) is 3. The van der Waals surface area contributed by atoms with Crippen LogP contribution in [-0.2, 0) is 0 Å². The Morgan fingerprint density at radius 1 is 0.897 bits per heavy atom. The van der Waals surface area contributed by atoms with Crippen LogP contribution in [0.2, 0.25) is 0 Å². The molecule has 1 aliphatic rings. The van der Waals surface area contributed by atoms with Crippen molar-refractivity contribution in [3.05, 3.63) is 75.2 Å². The summed E-state index contributed by atoms with van der Waals surface area (Å²) >= 11 is 3.49. The van der Waals surface area contributed by atoms with Crippen molar-refractivity contribution < 1.29 is 0 Å². The Kier molecular flexibility index (Phi) is 5.19. The van der Waals surface area contributed by atoms with Crippen molar-refractivity contribution in [1.82, 2.24) is 15.0 Å². The number of aromatic amines is 3. The molecule has 1 aliphatic heterocycles. The highest BCUT2D eigenvalue weighted by Crippen LogP contribution is 2.38. The summed E-state index contributed by atoms with van der Waals surface area (Å²) in [6, 6.07) is 12.9. The first-order chi connectivity index (χ1) is 13.7. The number of hydrogen-bond donors (Lipinski definition) is 3. The molecule has 0 bridgehead atoms. The van der Waals surface area contributed by atoms with Crippen LogP contribution in [0.5, 0.6) is 0 Å². The van der Waals surface area contributed by atoms with Gasteiger partial charge in [0.05, 0.1) is 4.60 Å². The van der Waals surface area contributed by atoms with Gasteiger partial charge >= 0.3 is 0 Å². The van der Waals surface area contributed by atoms with E-state index >= 15 is 0 Å². The van der Waals surface area contributed by atoms with Crippen LogP contribution in [0.3, 0.4) is 0 Å². The van der Waals surface area contributed by atoms with E-state index in [2.05, 4.69) is 102 Å². The van der Waals surface area contributed by atoms with E-state index in [-0.39, 0.29) is 17.3 Å². The van der Waals surface area contributed by atoms with Crippen LogP contribution in [0.1, 0.15) is 81.3 Å². The summed E-state index contributed by atoms with van der Waals surface area (Å²) in [6.45, 7) is 11.1. The van der Waals surface area contributed by atoms with Gasteiger partial charge in [-0.15, -0.1) is 0 Å². The number of aliphatic imine (C=N–C) groups is 1. The van der Waals surface area contributed by atoms with Crippen molar-refractivity contribution in [3.63, 3.8) is 0 Å². The van der Waals surface area contributed by atoms with Gasteiger partial charge in [-0.05, 0) is 71.7 Å². The van der Waals surface area contributed by atoms with Gasteiger partial charge in [-0.3, -0.25) is 4.99 Å². The first-order valence-electron chi connectivity index (χ1n) is 10.2.